The first kappa shape index (κ1) is 12.3. The Morgan fingerprint density at radius 1 is 1.32 bits per heavy atom. The molecule has 2 aromatic rings. The van der Waals surface area contributed by atoms with Crippen LogP contribution in [-0.2, 0) is 0 Å². The predicted octanol–water partition coefficient (Wildman–Crippen LogP) is 1.56. The number of nitrogens with zero attached hydrogens (tertiary/aromatic N) is 2. The number of hydrogen-bond acceptors (Lipinski definition) is 4. The second-order valence-corrected chi connectivity index (χ2v) is 4.92. The lowest BCUT2D eigenvalue weighted by Crippen LogP contribution is -2.17. The van der Waals surface area contributed by atoms with Crippen molar-refractivity contribution in [3.8, 4) is 11.4 Å². The summed E-state index contributed by atoms with van der Waals surface area (Å²) in [5, 5.41) is 3.46. The second kappa shape index (κ2) is 5.11. The quantitative estimate of drug-likeness (QED) is 0.873. The van der Waals surface area contributed by atoms with E-state index in [1.54, 1.807) is 12.4 Å². The second-order valence-electron chi connectivity index (χ2n) is 4.54. The molecule has 1 fully saturated rings. The molecule has 0 bridgehead atoms. The molecule has 0 aromatic carbocycles. The van der Waals surface area contributed by atoms with E-state index in [1.165, 1.54) is 0 Å². The molecule has 6 heteroatoms. The smallest absolute Gasteiger partial charge is 0.270 e. The fourth-order valence-electron chi connectivity index (χ4n) is 2.28. The van der Waals surface area contributed by atoms with E-state index < -0.39 is 0 Å². The number of halogens is 1. The molecule has 1 unspecified atom stereocenters. The normalized spacial score (nSPS) is 18.7. The maximum absolute atomic E-state index is 11.9. The summed E-state index contributed by atoms with van der Waals surface area (Å²) in [5.41, 5.74) is 1.23. The molecule has 0 spiro atoms. The van der Waals surface area contributed by atoms with Crippen LogP contribution in [0.3, 0.4) is 0 Å². The molecule has 3 rings (SSSR count). The molecule has 0 saturated carbocycles. The largest absolute Gasteiger partial charge is 0.316 e. The van der Waals surface area contributed by atoms with Crippen molar-refractivity contribution >= 4 is 11.6 Å². The molecule has 1 atom stereocenters. The average molecular weight is 277 g/mol. The van der Waals surface area contributed by atoms with E-state index in [0.29, 0.717) is 11.5 Å². The van der Waals surface area contributed by atoms with Crippen LogP contribution in [0.15, 0.2) is 29.3 Å². The highest BCUT2D eigenvalue weighted by atomic mass is 35.5. The zero-order chi connectivity index (χ0) is 13.2. The first-order valence-electron chi connectivity index (χ1n) is 6.16. The Bertz CT molecular complexity index is 635. The minimum absolute atomic E-state index is 0.200. The molecule has 19 heavy (non-hydrogen) atoms. The van der Waals surface area contributed by atoms with E-state index in [4.69, 9.17) is 11.6 Å². The molecule has 0 amide bonds. The Kier molecular flexibility index (Phi) is 3.31. The summed E-state index contributed by atoms with van der Waals surface area (Å²) >= 11 is 6.09. The summed E-state index contributed by atoms with van der Waals surface area (Å²) in [7, 11) is 0. The number of rotatable bonds is 2. The molecule has 1 saturated heterocycles. The zero-order valence-corrected chi connectivity index (χ0v) is 10.9. The molecule has 1 aliphatic heterocycles. The Morgan fingerprint density at radius 3 is 2.79 bits per heavy atom. The van der Waals surface area contributed by atoms with E-state index in [0.717, 1.165) is 25.1 Å². The van der Waals surface area contributed by atoms with Crippen LogP contribution in [0, 0.1) is 0 Å². The Morgan fingerprint density at radius 2 is 2.11 bits per heavy atom. The zero-order valence-electron chi connectivity index (χ0n) is 10.2. The van der Waals surface area contributed by atoms with Crippen LogP contribution in [0.2, 0.25) is 5.02 Å². The van der Waals surface area contributed by atoms with Gasteiger partial charge in [-0.15, -0.1) is 0 Å². The Balaban J connectivity index is 2.10. The van der Waals surface area contributed by atoms with E-state index in [2.05, 4.69) is 20.3 Å². The molecular weight excluding hydrogens is 264 g/mol. The molecule has 1 aliphatic rings. The van der Waals surface area contributed by atoms with Crippen molar-refractivity contribution in [2.24, 2.45) is 0 Å². The first-order valence-corrected chi connectivity index (χ1v) is 6.54. The highest BCUT2D eigenvalue weighted by Gasteiger charge is 2.23. The van der Waals surface area contributed by atoms with Crippen molar-refractivity contribution in [2.75, 3.05) is 13.1 Å². The van der Waals surface area contributed by atoms with Crippen LogP contribution in [0.4, 0.5) is 0 Å². The van der Waals surface area contributed by atoms with Gasteiger partial charge in [0.2, 0.25) is 0 Å². The van der Waals surface area contributed by atoms with E-state index in [1.807, 2.05) is 12.1 Å². The summed E-state index contributed by atoms with van der Waals surface area (Å²) in [4.78, 5) is 23.1. The third kappa shape index (κ3) is 2.39. The minimum atomic E-state index is -0.287. The van der Waals surface area contributed by atoms with Gasteiger partial charge in [0.1, 0.15) is 10.8 Å². The summed E-state index contributed by atoms with van der Waals surface area (Å²) in [6.07, 6.45) is 4.29. The van der Waals surface area contributed by atoms with Crippen molar-refractivity contribution in [1.29, 1.82) is 0 Å². The number of hydrogen-bond donors (Lipinski definition) is 2. The van der Waals surface area contributed by atoms with Crippen LogP contribution in [-0.4, -0.2) is 28.0 Å². The van der Waals surface area contributed by atoms with E-state index in [-0.39, 0.29) is 16.5 Å². The van der Waals surface area contributed by atoms with E-state index >= 15 is 0 Å². The maximum atomic E-state index is 11.9. The Hall–Kier alpha value is -1.72. The van der Waals surface area contributed by atoms with Crippen LogP contribution >= 0.6 is 11.6 Å². The number of H-pyrrole nitrogens is 1. The summed E-state index contributed by atoms with van der Waals surface area (Å²) in [5.74, 6) is 0.745. The molecule has 98 valence electrons. The van der Waals surface area contributed by atoms with Crippen LogP contribution in [0.5, 0.6) is 0 Å². The van der Waals surface area contributed by atoms with Gasteiger partial charge in [0.05, 0.1) is 5.69 Å². The minimum Gasteiger partial charge on any atom is -0.316 e. The number of pyridine rings is 1. The van der Waals surface area contributed by atoms with Crippen LogP contribution < -0.4 is 10.9 Å². The highest BCUT2D eigenvalue weighted by Crippen LogP contribution is 2.26. The van der Waals surface area contributed by atoms with Gasteiger partial charge in [-0.25, -0.2) is 4.98 Å². The molecule has 5 nitrogen and oxygen atoms in total. The lowest BCUT2D eigenvalue weighted by molar-refractivity contribution is 0.730. The standard InChI is InChI=1S/C13H13ClN4O/c14-10-11(9-3-6-16-7-9)17-12(18-13(10)19)8-1-4-15-5-2-8/h1-2,4-5,9,16H,3,6-7H2,(H,17,18,19). The molecular formula is C13H13ClN4O. The predicted molar refractivity (Wildman–Crippen MR) is 73.3 cm³/mol. The SMILES string of the molecule is O=c1[nH]c(-c2ccncc2)nc(C2CCNC2)c1Cl. The van der Waals surface area contributed by atoms with Gasteiger partial charge >= 0.3 is 0 Å². The molecule has 2 N–H and O–H groups in total. The van der Waals surface area contributed by atoms with E-state index in [9.17, 15) is 4.79 Å². The lowest BCUT2D eigenvalue weighted by Gasteiger charge is -2.11. The van der Waals surface area contributed by atoms with Gasteiger partial charge in [0, 0.05) is 30.4 Å². The van der Waals surface area contributed by atoms with Crippen molar-refractivity contribution < 1.29 is 0 Å². The van der Waals surface area contributed by atoms with Crippen LogP contribution in [0.1, 0.15) is 18.0 Å². The fraction of sp³-hybridized carbons (Fsp3) is 0.308. The highest BCUT2D eigenvalue weighted by molar-refractivity contribution is 6.31. The van der Waals surface area contributed by atoms with Gasteiger partial charge < -0.3 is 10.3 Å². The third-order valence-corrected chi connectivity index (χ3v) is 3.65. The summed E-state index contributed by atoms with van der Waals surface area (Å²) < 4.78 is 0. The van der Waals surface area contributed by atoms with Crippen molar-refractivity contribution in [2.45, 2.75) is 12.3 Å². The van der Waals surface area contributed by atoms with Crippen molar-refractivity contribution in [3.63, 3.8) is 0 Å². The summed E-state index contributed by atoms with van der Waals surface area (Å²) in [6, 6.07) is 3.62. The van der Waals surface area contributed by atoms with Gasteiger partial charge in [-0.05, 0) is 25.1 Å². The summed E-state index contributed by atoms with van der Waals surface area (Å²) in [6.45, 7) is 1.74. The average Bonchev–Trinajstić information content (AvgIpc) is 2.96. The number of nitrogens with one attached hydrogen (secondary N) is 2. The van der Waals surface area contributed by atoms with Crippen molar-refractivity contribution in [1.82, 2.24) is 20.3 Å². The third-order valence-electron chi connectivity index (χ3n) is 3.29. The lowest BCUT2D eigenvalue weighted by atomic mass is 10.0. The van der Waals surface area contributed by atoms with Crippen molar-refractivity contribution in [3.05, 3.63) is 45.6 Å². The molecule has 0 radical (unpaired) electrons. The van der Waals surface area contributed by atoms with Gasteiger partial charge in [-0.3, -0.25) is 9.78 Å². The maximum Gasteiger partial charge on any atom is 0.270 e. The van der Waals surface area contributed by atoms with Gasteiger partial charge in [-0.1, -0.05) is 11.6 Å². The van der Waals surface area contributed by atoms with Gasteiger partial charge in [0.25, 0.3) is 5.56 Å². The molecule has 3 heterocycles. The molecule has 0 aliphatic carbocycles. The van der Waals surface area contributed by atoms with Crippen LogP contribution in [0.25, 0.3) is 11.4 Å². The van der Waals surface area contributed by atoms with Gasteiger partial charge in [-0.2, -0.15) is 0 Å². The van der Waals surface area contributed by atoms with Gasteiger partial charge in [0.15, 0.2) is 0 Å². The number of aromatic amines is 1. The Labute approximate surface area is 115 Å². The topological polar surface area (TPSA) is 70.7 Å². The number of aromatic nitrogens is 3. The monoisotopic (exact) mass is 276 g/mol. The fourth-order valence-corrected chi connectivity index (χ4v) is 2.53. The molecule has 2 aromatic heterocycles. The first-order chi connectivity index (χ1) is 9.25.